The Morgan fingerprint density at radius 3 is 2.55 bits per heavy atom. The lowest BCUT2D eigenvalue weighted by atomic mass is 10.0. The summed E-state index contributed by atoms with van der Waals surface area (Å²) in [5, 5.41) is 3.17. The Kier molecular flexibility index (Phi) is 4.53. The average molecular weight is 300 g/mol. The first-order chi connectivity index (χ1) is 10.5. The van der Waals surface area contributed by atoms with E-state index >= 15 is 0 Å². The zero-order valence-electron chi connectivity index (χ0n) is 14.1. The van der Waals surface area contributed by atoms with E-state index in [1.165, 1.54) is 42.4 Å². The van der Waals surface area contributed by atoms with Gasteiger partial charge in [-0.2, -0.15) is 0 Å². The first-order valence-corrected chi connectivity index (χ1v) is 8.63. The molecule has 1 aromatic carbocycles. The Bertz CT molecular complexity index is 546. The maximum atomic E-state index is 12.4. The van der Waals surface area contributed by atoms with Crippen LogP contribution in [0.3, 0.4) is 0 Å². The van der Waals surface area contributed by atoms with Gasteiger partial charge in [0.15, 0.2) is 0 Å². The number of aryl methyl sites for hydroxylation is 2. The molecule has 0 saturated heterocycles. The van der Waals surface area contributed by atoms with E-state index in [9.17, 15) is 4.79 Å². The molecule has 1 atom stereocenters. The van der Waals surface area contributed by atoms with Gasteiger partial charge in [0.1, 0.15) is 0 Å². The number of carbonyl (C=O) groups is 1. The largest absolute Gasteiger partial charge is 0.348 e. The van der Waals surface area contributed by atoms with Crippen molar-refractivity contribution in [1.82, 2.24) is 10.2 Å². The van der Waals surface area contributed by atoms with Gasteiger partial charge in [-0.25, -0.2) is 0 Å². The normalized spacial score (nSPS) is 19.3. The molecular weight excluding hydrogens is 272 g/mol. The summed E-state index contributed by atoms with van der Waals surface area (Å²) < 4.78 is 0. The maximum absolute atomic E-state index is 12.4. The number of nitrogens with one attached hydrogen (secondary N) is 1. The summed E-state index contributed by atoms with van der Waals surface area (Å²) in [4.78, 5) is 14.8. The van der Waals surface area contributed by atoms with Crippen LogP contribution in [0.25, 0.3) is 0 Å². The highest BCUT2D eigenvalue weighted by molar-refractivity contribution is 5.78. The third-order valence-corrected chi connectivity index (χ3v) is 5.01. The molecule has 1 N–H and O–H groups in total. The minimum Gasteiger partial charge on any atom is -0.348 e. The van der Waals surface area contributed by atoms with Crippen LogP contribution in [0.15, 0.2) is 18.2 Å². The van der Waals surface area contributed by atoms with Crippen molar-refractivity contribution in [3.8, 4) is 0 Å². The van der Waals surface area contributed by atoms with Gasteiger partial charge in [0.05, 0.1) is 12.6 Å². The quantitative estimate of drug-likeness (QED) is 0.837. The lowest BCUT2D eigenvalue weighted by Gasteiger charge is -2.23. The van der Waals surface area contributed by atoms with Crippen LogP contribution in [0, 0.1) is 19.8 Å². The first kappa shape index (κ1) is 15.5. The number of nitrogens with zero attached hydrogens (tertiary/aromatic N) is 1. The average Bonchev–Trinajstić information content (AvgIpc) is 3.34. The van der Waals surface area contributed by atoms with Crippen molar-refractivity contribution in [2.24, 2.45) is 5.92 Å². The molecule has 120 valence electrons. The topological polar surface area (TPSA) is 32.3 Å². The van der Waals surface area contributed by atoms with Crippen molar-refractivity contribution in [1.29, 1.82) is 0 Å². The van der Waals surface area contributed by atoms with Crippen molar-refractivity contribution >= 4 is 5.91 Å². The number of amides is 1. The minimum atomic E-state index is 0.0776. The zero-order valence-corrected chi connectivity index (χ0v) is 14.1. The Morgan fingerprint density at radius 1 is 1.23 bits per heavy atom. The summed E-state index contributed by atoms with van der Waals surface area (Å²) >= 11 is 0. The lowest BCUT2D eigenvalue weighted by Crippen LogP contribution is -2.40. The molecule has 0 heterocycles. The van der Waals surface area contributed by atoms with Crippen LogP contribution in [0.5, 0.6) is 0 Å². The van der Waals surface area contributed by atoms with E-state index in [2.05, 4.69) is 49.2 Å². The molecule has 2 fully saturated rings. The van der Waals surface area contributed by atoms with E-state index < -0.39 is 0 Å². The summed E-state index contributed by atoms with van der Waals surface area (Å²) in [5.41, 5.74) is 3.77. The Labute approximate surface area is 134 Å². The third kappa shape index (κ3) is 4.10. The van der Waals surface area contributed by atoms with Crippen molar-refractivity contribution in [3.05, 3.63) is 34.9 Å². The molecule has 3 heteroatoms. The van der Waals surface area contributed by atoms with Gasteiger partial charge in [-0.05, 0) is 69.1 Å². The Morgan fingerprint density at radius 2 is 1.95 bits per heavy atom. The van der Waals surface area contributed by atoms with Gasteiger partial charge in [0.2, 0.25) is 5.91 Å². The van der Waals surface area contributed by atoms with Crippen LogP contribution in [0.1, 0.15) is 55.3 Å². The van der Waals surface area contributed by atoms with Crippen LogP contribution < -0.4 is 5.32 Å². The molecule has 0 radical (unpaired) electrons. The number of hydrogen-bond donors (Lipinski definition) is 1. The third-order valence-electron chi connectivity index (χ3n) is 5.01. The number of benzene rings is 1. The summed E-state index contributed by atoms with van der Waals surface area (Å²) in [5.74, 6) is 1.02. The molecule has 2 saturated carbocycles. The second kappa shape index (κ2) is 6.41. The summed E-state index contributed by atoms with van der Waals surface area (Å²) in [6, 6.07) is 7.19. The number of rotatable bonds is 7. The smallest absolute Gasteiger partial charge is 0.234 e. The Hall–Kier alpha value is -1.35. The minimum absolute atomic E-state index is 0.0776. The molecule has 2 aliphatic rings. The van der Waals surface area contributed by atoms with Crippen molar-refractivity contribution < 1.29 is 4.79 Å². The number of carbonyl (C=O) groups excluding carboxylic acids is 1. The van der Waals surface area contributed by atoms with E-state index in [1.807, 2.05) is 0 Å². The monoisotopic (exact) mass is 300 g/mol. The molecule has 3 rings (SSSR count). The standard InChI is InChI=1S/C19H28N2O/c1-13-4-7-17(10-14(13)2)15(3)20-19(22)12-21(18-8-9-18)11-16-5-6-16/h4,7,10,15-16,18H,5-6,8-9,11-12H2,1-3H3,(H,20,22). The van der Waals surface area contributed by atoms with E-state index in [0.29, 0.717) is 12.6 Å². The van der Waals surface area contributed by atoms with Crippen LogP contribution in [-0.2, 0) is 4.79 Å². The van der Waals surface area contributed by atoms with Crippen molar-refractivity contribution in [3.63, 3.8) is 0 Å². The van der Waals surface area contributed by atoms with E-state index in [0.717, 1.165) is 12.5 Å². The number of hydrogen-bond acceptors (Lipinski definition) is 2. The molecule has 22 heavy (non-hydrogen) atoms. The molecule has 3 nitrogen and oxygen atoms in total. The van der Waals surface area contributed by atoms with Gasteiger partial charge >= 0.3 is 0 Å². The molecule has 1 unspecified atom stereocenters. The second-order valence-electron chi connectivity index (χ2n) is 7.24. The summed E-state index contributed by atoms with van der Waals surface area (Å²) in [6.45, 7) is 8.00. The van der Waals surface area contributed by atoms with Crippen LogP contribution in [0.2, 0.25) is 0 Å². The highest BCUT2D eigenvalue weighted by Crippen LogP contribution is 2.34. The van der Waals surface area contributed by atoms with Gasteiger partial charge in [-0.15, -0.1) is 0 Å². The van der Waals surface area contributed by atoms with Crippen molar-refractivity contribution in [2.45, 2.75) is 58.5 Å². The molecule has 0 spiro atoms. The summed E-state index contributed by atoms with van der Waals surface area (Å²) in [7, 11) is 0. The molecule has 2 aliphatic carbocycles. The molecule has 0 aromatic heterocycles. The summed E-state index contributed by atoms with van der Waals surface area (Å²) in [6.07, 6.45) is 5.24. The fraction of sp³-hybridized carbons (Fsp3) is 0.632. The van der Waals surface area contributed by atoms with Gasteiger partial charge < -0.3 is 5.32 Å². The molecular formula is C19H28N2O. The van der Waals surface area contributed by atoms with E-state index in [1.54, 1.807) is 0 Å². The van der Waals surface area contributed by atoms with E-state index in [4.69, 9.17) is 0 Å². The van der Waals surface area contributed by atoms with E-state index in [-0.39, 0.29) is 11.9 Å². The fourth-order valence-electron chi connectivity index (χ4n) is 3.00. The van der Waals surface area contributed by atoms with Gasteiger partial charge in [0, 0.05) is 12.6 Å². The zero-order chi connectivity index (χ0) is 15.7. The van der Waals surface area contributed by atoms with Crippen LogP contribution in [0.4, 0.5) is 0 Å². The van der Waals surface area contributed by atoms with Crippen LogP contribution in [-0.4, -0.2) is 29.9 Å². The molecule has 0 aliphatic heterocycles. The van der Waals surface area contributed by atoms with Crippen LogP contribution >= 0.6 is 0 Å². The van der Waals surface area contributed by atoms with Crippen molar-refractivity contribution in [2.75, 3.05) is 13.1 Å². The van der Waals surface area contributed by atoms with Gasteiger partial charge in [-0.3, -0.25) is 9.69 Å². The SMILES string of the molecule is Cc1ccc(C(C)NC(=O)CN(CC2CC2)C2CC2)cc1C. The predicted molar refractivity (Wildman–Crippen MR) is 89.8 cm³/mol. The fourth-order valence-corrected chi connectivity index (χ4v) is 3.00. The highest BCUT2D eigenvalue weighted by Gasteiger charge is 2.34. The molecule has 1 aromatic rings. The highest BCUT2D eigenvalue weighted by atomic mass is 16.2. The Balaban J connectivity index is 1.54. The lowest BCUT2D eigenvalue weighted by molar-refractivity contribution is -0.123. The predicted octanol–water partition coefficient (Wildman–Crippen LogP) is 3.36. The van der Waals surface area contributed by atoms with Gasteiger partial charge in [-0.1, -0.05) is 18.2 Å². The molecule has 0 bridgehead atoms. The van der Waals surface area contributed by atoms with Gasteiger partial charge in [0.25, 0.3) is 0 Å². The second-order valence-corrected chi connectivity index (χ2v) is 7.24. The first-order valence-electron chi connectivity index (χ1n) is 8.63. The molecule has 1 amide bonds. The maximum Gasteiger partial charge on any atom is 0.234 e.